The lowest BCUT2D eigenvalue weighted by atomic mass is 10.0. The van der Waals surface area contributed by atoms with E-state index in [9.17, 15) is 0 Å². The minimum Gasteiger partial charge on any atom is -0.340 e. The summed E-state index contributed by atoms with van der Waals surface area (Å²) in [7, 11) is 0. The third kappa shape index (κ3) is 13.7. The highest BCUT2D eigenvalue weighted by molar-refractivity contribution is 7.26. The lowest BCUT2D eigenvalue weighted by Crippen LogP contribution is -2.10. The van der Waals surface area contributed by atoms with Crippen LogP contribution in [0.15, 0.2) is 346 Å². The van der Waals surface area contributed by atoms with E-state index >= 15 is 0 Å². The van der Waals surface area contributed by atoms with E-state index in [4.69, 9.17) is 0 Å². The summed E-state index contributed by atoms with van der Waals surface area (Å²) in [5, 5.41) is 15.6. The van der Waals surface area contributed by atoms with Crippen molar-refractivity contribution in [3.8, 4) is 33.4 Å². The molecule has 123 heavy (non-hydrogen) atoms. The van der Waals surface area contributed by atoms with Crippen LogP contribution in [-0.4, -0.2) is 13.7 Å². The van der Waals surface area contributed by atoms with Gasteiger partial charge in [-0.15, -0.1) is 34.0 Å². The number of rotatable bonds is 27. The standard InChI is InChI=1S/C114H96N6S3/c1-4-7-10-28-67-115-100-73-88(118(82-49-43-79(44-50-82)76-31-16-13-17-32-76)85-58-64-106-97(70-85)91-37-22-25-40-103(91)121-106)55-61-94(100)109-112(115)110-95-62-56-89(119(83-51-45-80(46-52-83)77-33-18-14-19-34-77)86-59-65-107-98(71-86)92-38-23-26-41-104(92)122-107)74-101(95)116(68-29-11-8-5-2)114(110)111-96-63-57-90(75-102(96)117(113(109)111)69-30-12-9-6-3)120(84-53-47-81(48-54-84)78-35-20-15-21-36-78)87-60-66-108-99(72-87)93-39-24-27-42-105(93)123-108/h13-27,31-66,70-75H,4-12,28-30,67-69H2,1-3H3. The zero-order valence-corrected chi connectivity index (χ0v) is 72.4. The van der Waals surface area contributed by atoms with E-state index in [2.05, 4.69) is 395 Å². The fourth-order valence-electron chi connectivity index (χ4n) is 19.9. The molecule has 22 rings (SSSR count). The predicted molar refractivity (Wildman–Crippen MR) is 537 cm³/mol. The van der Waals surface area contributed by atoms with Crippen LogP contribution in [-0.2, 0) is 19.6 Å². The van der Waals surface area contributed by atoms with Crippen LogP contribution in [0.2, 0.25) is 0 Å². The van der Waals surface area contributed by atoms with Crippen LogP contribution < -0.4 is 14.7 Å². The molecule has 16 aromatic carbocycles. The van der Waals surface area contributed by atoms with Gasteiger partial charge in [-0.05, 0) is 198 Å². The molecular formula is C114H96N6S3. The Labute approximate surface area is 730 Å². The summed E-state index contributed by atoms with van der Waals surface area (Å²) in [6.07, 6.45) is 13.5. The van der Waals surface area contributed by atoms with Gasteiger partial charge in [-0.1, -0.05) is 279 Å². The minimum atomic E-state index is 0.860. The molecule has 0 amide bonds. The second-order valence-corrected chi connectivity index (χ2v) is 36.7. The molecule has 0 N–H and O–H groups in total. The molecule has 6 heterocycles. The molecule has 0 spiro atoms. The van der Waals surface area contributed by atoms with E-state index in [1.165, 1.54) is 179 Å². The van der Waals surface area contributed by atoms with Crippen LogP contribution in [0, 0.1) is 0 Å². The first-order valence-electron chi connectivity index (χ1n) is 44.5. The van der Waals surface area contributed by atoms with Gasteiger partial charge in [0.05, 0.1) is 33.1 Å². The number of aromatic nitrogens is 3. The van der Waals surface area contributed by atoms with Gasteiger partial charge in [0.1, 0.15) is 0 Å². The van der Waals surface area contributed by atoms with Crippen molar-refractivity contribution in [3.63, 3.8) is 0 Å². The Bertz CT molecular complexity index is 6940. The molecule has 600 valence electrons. The number of thiophene rings is 3. The van der Waals surface area contributed by atoms with Crippen molar-refractivity contribution in [1.82, 2.24) is 13.7 Å². The Morgan fingerprint density at radius 2 is 0.431 bits per heavy atom. The maximum absolute atomic E-state index is 2.84. The number of aryl methyl sites for hydroxylation is 3. The second kappa shape index (κ2) is 32.7. The molecule has 0 aliphatic heterocycles. The van der Waals surface area contributed by atoms with Crippen molar-refractivity contribution in [1.29, 1.82) is 0 Å². The van der Waals surface area contributed by atoms with Gasteiger partial charge >= 0.3 is 0 Å². The molecule has 0 radical (unpaired) electrons. The first kappa shape index (κ1) is 76.1. The Balaban J connectivity index is 0.848. The number of unbranched alkanes of at least 4 members (excludes halogenated alkanes) is 9. The predicted octanol–water partition coefficient (Wildman–Crippen LogP) is 35.3. The van der Waals surface area contributed by atoms with E-state index in [0.29, 0.717) is 0 Å². The van der Waals surface area contributed by atoms with Gasteiger partial charge in [0, 0.05) is 164 Å². The van der Waals surface area contributed by atoms with Gasteiger partial charge < -0.3 is 28.4 Å². The van der Waals surface area contributed by atoms with E-state index < -0.39 is 0 Å². The fourth-order valence-corrected chi connectivity index (χ4v) is 23.2. The molecular weight excluding hydrogens is 1550 g/mol. The normalized spacial score (nSPS) is 12.0. The van der Waals surface area contributed by atoms with Crippen molar-refractivity contribution < 1.29 is 0 Å². The van der Waals surface area contributed by atoms with E-state index in [1.807, 2.05) is 34.0 Å². The summed E-state index contributed by atoms with van der Waals surface area (Å²) in [5.74, 6) is 0. The number of anilines is 9. The molecule has 0 saturated heterocycles. The SMILES string of the molecule is CCCCCCn1c2cc(N(c3ccc(-c4ccccc4)cc3)c3ccc4sc5ccccc5c4c3)ccc2c2c1c1c3ccc(N(c4ccc(-c5ccccc5)cc4)c4ccc5sc6ccccc6c5c4)cc3n(CCCCCC)c1c1c3ccc(N(c4ccc(-c5ccccc5)cc4)c4ccc5sc6ccccc6c5c4)cc3n(CCCCCC)c21. The van der Waals surface area contributed by atoms with Gasteiger partial charge in [-0.3, -0.25) is 0 Å². The molecule has 0 unspecified atom stereocenters. The average molecular weight is 1650 g/mol. The molecule has 6 nitrogen and oxygen atoms in total. The summed E-state index contributed by atoms with van der Waals surface area (Å²) < 4.78 is 16.3. The van der Waals surface area contributed by atoms with Gasteiger partial charge in [0.2, 0.25) is 0 Å². The van der Waals surface area contributed by atoms with Crippen LogP contribution >= 0.6 is 34.0 Å². The Morgan fingerprint density at radius 1 is 0.195 bits per heavy atom. The quantitative estimate of drug-likeness (QED) is 0.0480. The number of benzene rings is 16. The first-order chi connectivity index (χ1) is 60.9. The average Bonchev–Trinajstić information content (AvgIpc) is 1.51. The summed E-state index contributed by atoms with van der Waals surface area (Å²) in [5.41, 5.74) is 25.1. The highest BCUT2D eigenvalue weighted by Crippen LogP contribution is 2.54. The highest BCUT2D eigenvalue weighted by atomic mass is 32.1. The van der Waals surface area contributed by atoms with Crippen molar-refractivity contribution in [2.45, 2.75) is 117 Å². The zero-order valence-electron chi connectivity index (χ0n) is 69.9. The van der Waals surface area contributed by atoms with Crippen molar-refractivity contribution >= 4 is 211 Å². The van der Waals surface area contributed by atoms with E-state index in [-0.39, 0.29) is 0 Å². The van der Waals surface area contributed by atoms with Crippen molar-refractivity contribution in [2.24, 2.45) is 0 Å². The maximum Gasteiger partial charge on any atom is 0.0614 e. The molecule has 9 heteroatoms. The fraction of sp³-hybridized carbons (Fsp3) is 0.158. The Hall–Kier alpha value is -13.0. The zero-order chi connectivity index (χ0) is 82.0. The minimum absolute atomic E-state index is 0.860. The summed E-state index contributed by atoms with van der Waals surface area (Å²) in [6, 6.07) is 132. The number of nitrogens with zero attached hydrogens (tertiary/aromatic N) is 6. The third-order valence-electron chi connectivity index (χ3n) is 25.9. The number of hydrogen-bond acceptors (Lipinski definition) is 6. The van der Waals surface area contributed by atoms with Gasteiger partial charge in [-0.2, -0.15) is 0 Å². The number of hydrogen-bond donors (Lipinski definition) is 0. The Kier molecular flexibility index (Phi) is 20.3. The van der Waals surface area contributed by atoms with Gasteiger partial charge in [0.15, 0.2) is 0 Å². The molecule has 0 aliphatic rings. The summed E-state index contributed by atoms with van der Waals surface area (Å²) >= 11 is 5.64. The summed E-state index contributed by atoms with van der Waals surface area (Å²) in [4.78, 5) is 7.62. The summed E-state index contributed by atoms with van der Waals surface area (Å²) in [6.45, 7) is 9.64. The third-order valence-corrected chi connectivity index (χ3v) is 29.3. The first-order valence-corrected chi connectivity index (χ1v) is 47.0. The van der Waals surface area contributed by atoms with Crippen molar-refractivity contribution in [3.05, 3.63) is 346 Å². The van der Waals surface area contributed by atoms with Crippen LogP contribution in [0.4, 0.5) is 51.2 Å². The van der Waals surface area contributed by atoms with E-state index in [1.54, 1.807) is 0 Å². The van der Waals surface area contributed by atoms with Crippen LogP contribution in [0.3, 0.4) is 0 Å². The van der Waals surface area contributed by atoms with Gasteiger partial charge in [0.25, 0.3) is 0 Å². The molecule has 6 aromatic heterocycles. The second-order valence-electron chi connectivity index (χ2n) is 33.5. The monoisotopic (exact) mass is 1640 g/mol. The highest BCUT2D eigenvalue weighted by Gasteiger charge is 2.31. The van der Waals surface area contributed by atoms with Crippen molar-refractivity contribution in [2.75, 3.05) is 14.7 Å². The molecule has 0 atom stereocenters. The maximum atomic E-state index is 2.84. The molecule has 0 aliphatic carbocycles. The van der Waals surface area contributed by atoms with Crippen LogP contribution in [0.1, 0.15) is 97.8 Å². The Morgan fingerprint density at radius 3 is 0.715 bits per heavy atom. The van der Waals surface area contributed by atoms with Gasteiger partial charge in [-0.25, -0.2) is 0 Å². The lowest BCUT2D eigenvalue weighted by Gasteiger charge is -2.26. The lowest BCUT2D eigenvalue weighted by molar-refractivity contribution is 0.600. The number of fused-ring (bicyclic) bond motifs is 21. The molecule has 22 aromatic rings. The van der Waals surface area contributed by atoms with Crippen LogP contribution in [0.25, 0.3) is 159 Å². The topological polar surface area (TPSA) is 24.5 Å². The van der Waals surface area contributed by atoms with Crippen LogP contribution in [0.5, 0.6) is 0 Å². The van der Waals surface area contributed by atoms with E-state index in [0.717, 1.165) is 129 Å². The smallest absolute Gasteiger partial charge is 0.0614 e. The largest absolute Gasteiger partial charge is 0.340 e. The molecule has 0 bridgehead atoms. The molecule has 0 fully saturated rings. The molecule has 0 saturated carbocycles.